The SMILES string of the molecule is CCNC(CCc1cnn(C)c1)C1(OCC)CCOCC1. The molecule has 21 heavy (non-hydrogen) atoms. The minimum Gasteiger partial charge on any atom is -0.381 e. The smallest absolute Gasteiger partial charge is 0.0878 e. The highest BCUT2D eigenvalue weighted by Gasteiger charge is 2.40. The summed E-state index contributed by atoms with van der Waals surface area (Å²) in [7, 11) is 1.96. The molecular weight excluding hydrogens is 266 g/mol. The first kappa shape index (κ1) is 16.5. The van der Waals surface area contributed by atoms with Gasteiger partial charge in [0, 0.05) is 51.9 Å². The van der Waals surface area contributed by atoms with E-state index < -0.39 is 0 Å². The molecule has 0 aromatic carbocycles. The molecule has 1 aromatic heterocycles. The van der Waals surface area contributed by atoms with Gasteiger partial charge in [0.15, 0.2) is 0 Å². The number of aryl methyl sites for hydroxylation is 2. The Labute approximate surface area is 128 Å². The molecule has 1 fully saturated rings. The van der Waals surface area contributed by atoms with Crippen LogP contribution in [-0.4, -0.2) is 47.8 Å². The maximum Gasteiger partial charge on any atom is 0.0878 e. The zero-order valence-corrected chi connectivity index (χ0v) is 13.6. The average Bonchev–Trinajstić information content (AvgIpc) is 2.90. The molecule has 1 atom stereocenters. The van der Waals surface area contributed by atoms with Crippen molar-refractivity contribution in [1.82, 2.24) is 15.1 Å². The van der Waals surface area contributed by atoms with Crippen molar-refractivity contribution in [3.63, 3.8) is 0 Å². The number of likely N-dealkylation sites (N-methyl/N-ethyl adjacent to an activating group) is 1. The van der Waals surface area contributed by atoms with E-state index >= 15 is 0 Å². The van der Waals surface area contributed by atoms with Crippen molar-refractivity contribution >= 4 is 0 Å². The van der Waals surface area contributed by atoms with Crippen LogP contribution in [0.4, 0.5) is 0 Å². The summed E-state index contributed by atoms with van der Waals surface area (Å²) in [5, 5.41) is 7.90. The largest absolute Gasteiger partial charge is 0.381 e. The third-order valence-corrected chi connectivity index (χ3v) is 4.34. The lowest BCUT2D eigenvalue weighted by molar-refractivity contribution is -0.127. The molecule has 0 spiro atoms. The minimum absolute atomic E-state index is 0.0782. The first-order valence-corrected chi connectivity index (χ1v) is 8.13. The Morgan fingerprint density at radius 2 is 2.19 bits per heavy atom. The molecule has 1 N–H and O–H groups in total. The highest BCUT2D eigenvalue weighted by atomic mass is 16.5. The fourth-order valence-corrected chi connectivity index (χ4v) is 3.31. The Hall–Kier alpha value is -0.910. The zero-order valence-electron chi connectivity index (χ0n) is 13.6. The minimum atomic E-state index is -0.0782. The van der Waals surface area contributed by atoms with E-state index in [0.717, 1.165) is 52.0 Å². The van der Waals surface area contributed by atoms with Crippen LogP contribution in [-0.2, 0) is 22.9 Å². The summed E-state index contributed by atoms with van der Waals surface area (Å²) in [6, 6.07) is 0.367. The lowest BCUT2D eigenvalue weighted by Gasteiger charge is -2.43. The van der Waals surface area contributed by atoms with Crippen molar-refractivity contribution in [3.8, 4) is 0 Å². The average molecular weight is 295 g/mol. The maximum atomic E-state index is 6.22. The number of hydrogen-bond acceptors (Lipinski definition) is 4. The number of aromatic nitrogens is 2. The van der Waals surface area contributed by atoms with E-state index in [1.165, 1.54) is 5.56 Å². The van der Waals surface area contributed by atoms with Crippen LogP contribution in [0.25, 0.3) is 0 Å². The van der Waals surface area contributed by atoms with Crippen LogP contribution in [0.3, 0.4) is 0 Å². The van der Waals surface area contributed by atoms with E-state index in [-0.39, 0.29) is 5.60 Å². The van der Waals surface area contributed by atoms with Gasteiger partial charge >= 0.3 is 0 Å². The molecule has 0 saturated carbocycles. The fraction of sp³-hybridized carbons (Fsp3) is 0.812. The van der Waals surface area contributed by atoms with Crippen LogP contribution >= 0.6 is 0 Å². The van der Waals surface area contributed by atoms with Crippen molar-refractivity contribution in [2.24, 2.45) is 7.05 Å². The van der Waals surface area contributed by atoms with Crippen molar-refractivity contribution < 1.29 is 9.47 Å². The Morgan fingerprint density at radius 1 is 1.43 bits per heavy atom. The van der Waals surface area contributed by atoms with E-state index in [2.05, 4.69) is 30.5 Å². The lowest BCUT2D eigenvalue weighted by Crippen LogP contribution is -2.55. The van der Waals surface area contributed by atoms with Crippen molar-refractivity contribution in [2.45, 2.75) is 51.2 Å². The molecule has 2 heterocycles. The standard InChI is InChI=1S/C16H29N3O2/c1-4-17-15(7-6-14-12-18-19(3)13-14)16(21-5-2)8-10-20-11-9-16/h12-13,15,17H,4-11H2,1-3H3. The molecule has 1 aromatic rings. The van der Waals surface area contributed by atoms with Crippen LogP contribution in [0.5, 0.6) is 0 Å². The Kier molecular flexibility index (Phi) is 6.21. The quantitative estimate of drug-likeness (QED) is 0.796. The highest BCUT2D eigenvalue weighted by Crippen LogP contribution is 2.31. The summed E-state index contributed by atoms with van der Waals surface area (Å²) in [6.07, 6.45) is 8.11. The van der Waals surface area contributed by atoms with Gasteiger partial charge in [-0.2, -0.15) is 5.10 Å². The third-order valence-electron chi connectivity index (χ3n) is 4.34. The van der Waals surface area contributed by atoms with Crippen molar-refractivity contribution in [2.75, 3.05) is 26.4 Å². The molecule has 1 aliphatic heterocycles. The van der Waals surface area contributed by atoms with Gasteiger partial charge in [0.05, 0.1) is 11.8 Å². The molecule has 0 aliphatic carbocycles. The number of ether oxygens (including phenoxy) is 2. The van der Waals surface area contributed by atoms with E-state index in [0.29, 0.717) is 6.04 Å². The molecule has 5 nitrogen and oxygen atoms in total. The monoisotopic (exact) mass is 295 g/mol. The summed E-state index contributed by atoms with van der Waals surface area (Å²) < 4.78 is 13.6. The summed E-state index contributed by atoms with van der Waals surface area (Å²) in [4.78, 5) is 0. The second-order valence-electron chi connectivity index (χ2n) is 5.78. The van der Waals surface area contributed by atoms with Gasteiger partial charge in [-0.15, -0.1) is 0 Å². The summed E-state index contributed by atoms with van der Waals surface area (Å²) in [6.45, 7) is 7.57. The molecule has 5 heteroatoms. The predicted molar refractivity (Wildman–Crippen MR) is 83.4 cm³/mol. The van der Waals surface area contributed by atoms with E-state index in [4.69, 9.17) is 9.47 Å². The van der Waals surface area contributed by atoms with E-state index in [1.54, 1.807) is 0 Å². The zero-order chi connectivity index (χ0) is 15.1. The van der Waals surface area contributed by atoms with Gasteiger partial charge in [-0.3, -0.25) is 4.68 Å². The Morgan fingerprint density at radius 3 is 2.76 bits per heavy atom. The lowest BCUT2D eigenvalue weighted by atomic mass is 9.83. The van der Waals surface area contributed by atoms with Gasteiger partial charge in [-0.05, 0) is 31.9 Å². The van der Waals surface area contributed by atoms with Gasteiger partial charge in [-0.1, -0.05) is 6.92 Å². The second kappa shape index (κ2) is 7.92. The maximum absolute atomic E-state index is 6.22. The fourth-order valence-electron chi connectivity index (χ4n) is 3.31. The molecular formula is C16H29N3O2. The van der Waals surface area contributed by atoms with E-state index in [9.17, 15) is 0 Å². The van der Waals surface area contributed by atoms with Gasteiger partial charge in [0.1, 0.15) is 0 Å². The summed E-state index contributed by atoms with van der Waals surface area (Å²) in [5.74, 6) is 0. The van der Waals surface area contributed by atoms with Crippen LogP contribution in [0.1, 0.15) is 38.7 Å². The number of rotatable bonds is 8. The van der Waals surface area contributed by atoms with Gasteiger partial charge in [0.25, 0.3) is 0 Å². The van der Waals surface area contributed by atoms with Crippen molar-refractivity contribution in [3.05, 3.63) is 18.0 Å². The normalized spacial score (nSPS) is 19.6. The third kappa shape index (κ3) is 4.28. The topological polar surface area (TPSA) is 48.3 Å². The second-order valence-corrected chi connectivity index (χ2v) is 5.78. The molecule has 120 valence electrons. The van der Waals surface area contributed by atoms with Gasteiger partial charge < -0.3 is 14.8 Å². The predicted octanol–water partition coefficient (Wildman–Crippen LogP) is 1.92. The van der Waals surface area contributed by atoms with Crippen LogP contribution in [0.15, 0.2) is 12.4 Å². The Balaban J connectivity index is 2.03. The van der Waals surface area contributed by atoms with Crippen LogP contribution < -0.4 is 5.32 Å². The molecule has 2 rings (SSSR count). The van der Waals surface area contributed by atoms with Gasteiger partial charge in [0.2, 0.25) is 0 Å². The molecule has 1 saturated heterocycles. The number of hydrogen-bond donors (Lipinski definition) is 1. The summed E-state index contributed by atoms with van der Waals surface area (Å²) >= 11 is 0. The highest BCUT2D eigenvalue weighted by molar-refractivity contribution is 5.06. The molecule has 0 amide bonds. The van der Waals surface area contributed by atoms with E-state index in [1.807, 2.05) is 17.9 Å². The van der Waals surface area contributed by atoms with Crippen LogP contribution in [0.2, 0.25) is 0 Å². The van der Waals surface area contributed by atoms with Crippen LogP contribution in [0, 0.1) is 0 Å². The first-order valence-electron chi connectivity index (χ1n) is 8.13. The molecule has 0 bridgehead atoms. The number of nitrogens with one attached hydrogen (secondary N) is 1. The van der Waals surface area contributed by atoms with Crippen molar-refractivity contribution in [1.29, 1.82) is 0 Å². The molecule has 0 radical (unpaired) electrons. The Bertz CT molecular complexity index is 408. The molecule has 1 unspecified atom stereocenters. The molecule has 1 aliphatic rings. The first-order chi connectivity index (χ1) is 10.2. The summed E-state index contributed by atoms with van der Waals surface area (Å²) in [5.41, 5.74) is 1.21. The van der Waals surface area contributed by atoms with Gasteiger partial charge in [-0.25, -0.2) is 0 Å². The number of nitrogens with zero attached hydrogens (tertiary/aromatic N) is 2.